The Labute approximate surface area is 135 Å². The molecule has 1 rings (SSSR count). The minimum absolute atomic E-state index is 0.000741. The number of hydrogen-bond acceptors (Lipinski definition) is 4. The third-order valence-corrected chi connectivity index (χ3v) is 4.47. The van der Waals surface area contributed by atoms with Crippen LogP contribution in [0.4, 0.5) is 4.79 Å². The van der Waals surface area contributed by atoms with Crippen molar-refractivity contribution in [3.63, 3.8) is 0 Å². The number of carbonyl (C=O) groups is 1. The van der Waals surface area contributed by atoms with Gasteiger partial charge >= 0.3 is 6.09 Å². The van der Waals surface area contributed by atoms with E-state index < -0.39 is 5.60 Å². The Hall–Kier alpha value is -0.0800. The summed E-state index contributed by atoms with van der Waals surface area (Å²) in [5.74, 6) is 0.647. The van der Waals surface area contributed by atoms with Gasteiger partial charge in [-0.05, 0) is 46.0 Å². The molecule has 0 spiro atoms. The van der Waals surface area contributed by atoms with Crippen LogP contribution in [0.2, 0.25) is 0 Å². The van der Waals surface area contributed by atoms with Crippen molar-refractivity contribution in [2.24, 2.45) is 5.92 Å². The molecule has 3 atom stereocenters. The maximum absolute atomic E-state index is 11.9. The van der Waals surface area contributed by atoms with Crippen LogP contribution < -0.4 is 5.32 Å². The molecule has 0 aromatic carbocycles. The number of nitrogens with one attached hydrogen (secondary N) is 1. The van der Waals surface area contributed by atoms with E-state index in [1.807, 2.05) is 20.8 Å². The van der Waals surface area contributed by atoms with E-state index in [2.05, 4.69) is 27.9 Å². The van der Waals surface area contributed by atoms with Crippen molar-refractivity contribution in [1.82, 2.24) is 5.32 Å². The predicted octanol–water partition coefficient (Wildman–Crippen LogP) is 3.10. The van der Waals surface area contributed by atoms with Gasteiger partial charge in [-0.15, -0.1) is 0 Å². The van der Waals surface area contributed by atoms with Crippen molar-refractivity contribution in [3.8, 4) is 0 Å². The quantitative estimate of drug-likeness (QED) is 0.439. The molecule has 1 saturated carbocycles. The fraction of sp³-hybridized carbons (Fsp3) is 0.929. The molecule has 1 N–H and O–H groups in total. The summed E-state index contributed by atoms with van der Waals surface area (Å²) in [6, 6.07) is -0.000741. The number of alkyl carbamates (subject to hydrolysis) is 1. The second-order valence-corrected chi connectivity index (χ2v) is 7.08. The van der Waals surface area contributed by atoms with E-state index in [0.717, 1.165) is 23.7 Å². The molecule has 1 fully saturated rings. The highest BCUT2D eigenvalue weighted by Gasteiger charge is 2.32. The van der Waals surface area contributed by atoms with E-state index in [-0.39, 0.29) is 25.0 Å². The first-order valence-electron chi connectivity index (χ1n) is 7.01. The lowest BCUT2D eigenvalue weighted by Crippen LogP contribution is -2.49. The smallest absolute Gasteiger partial charge is 0.407 e. The average molecular weight is 399 g/mol. The molecule has 6 heteroatoms. The highest BCUT2D eigenvalue weighted by atomic mass is 127. The van der Waals surface area contributed by atoms with Crippen LogP contribution in [-0.2, 0) is 14.2 Å². The van der Waals surface area contributed by atoms with Crippen molar-refractivity contribution >= 4 is 28.7 Å². The van der Waals surface area contributed by atoms with Gasteiger partial charge in [-0.25, -0.2) is 4.79 Å². The van der Waals surface area contributed by atoms with Crippen LogP contribution in [0.15, 0.2) is 0 Å². The molecule has 0 radical (unpaired) electrons. The van der Waals surface area contributed by atoms with E-state index in [1.54, 1.807) is 7.11 Å². The molecule has 118 valence electrons. The zero-order chi connectivity index (χ0) is 15.2. The molecule has 0 bridgehead atoms. The zero-order valence-electron chi connectivity index (χ0n) is 12.8. The maximum atomic E-state index is 11.9. The number of rotatable bonds is 5. The van der Waals surface area contributed by atoms with Gasteiger partial charge in [-0.1, -0.05) is 22.6 Å². The third-order valence-electron chi connectivity index (χ3n) is 3.22. The third kappa shape index (κ3) is 6.58. The Morgan fingerprint density at radius 3 is 2.60 bits per heavy atom. The minimum atomic E-state index is -0.480. The summed E-state index contributed by atoms with van der Waals surface area (Å²) in [5.41, 5.74) is -0.480. The summed E-state index contributed by atoms with van der Waals surface area (Å²) in [6.07, 6.45) is 2.60. The fourth-order valence-corrected chi connectivity index (χ4v) is 3.12. The predicted molar refractivity (Wildman–Crippen MR) is 86.1 cm³/mol. The van der Waals surface area contributed by atoms with Gasteiger partial charge in [-0.3, -0.25) is 0 Å². The molecule has 0 unspecified atom stereocenters. The first kappa shape index (κ1) is 18.0. The monoisotopic (exact) mass is 399 g/mol. The first-order chi connectivity index (χ1) is 9.35. The lowest BCUT2D eigenvalue weighted by atomic mass is 9.85. The highest BCUT2D eigenvalue weighted by Crippen LogP contribution is 2.28. The van der Waals surface area contributed by atoms with Gasteiger partial charge in [0.2, 0.25) is 0 Å². The van der Waals surface area contributed by atoms with Crippen LogP contribution in [0.1, 0.15) is 40.0 Å². The van der Waals surface area contributed by atoms with Gasteiger partial charge in [0.1, 0.15) is 12.4 Å². The van der Waals surface area contributed by atoms with Crippen LogP contribution in [-0.4, -0.2) is 42.2 Å². The fourth-order valence-electron chi connectivity index (χ4n) is 2.32. The van der Waals surface area contributed by atoms with E-state index in [9.17, 15) is 4.79 Å². The number of halogens is 1. The van der Waals surface area contributed by atoms with Gasteiger partial charge in [0.25, 0.3) is 0 Å². The molecule has 1 aliphatic rings. The molecule has 0 aromatic heterocycles. The SMILES string of the molecule is COCO[C@H]1C[C@@H](CI)CC[C@@H]1NC(=O)OC(C)(C)C. The normalized spacial score (nSPS) is 27.1. The molecule has 0 aromatic rings. The van der Waals surface area contributed by atoms with E-state index in [0.29, 0.717) is 5.92 Å². The Morgan fingerprint density at radius 2 is 2.05 bits per heavy atom. The number of ether oxygens (including phenoxy) is 3. The number of carbonyl (C=O) groups excluding carboxylic acids is 1. The number of alkyl halides is 1. The number of methoxy groups -OCH3 is 1. The van der Waals surface area contributed by atoms with Gasteiger partial charge < -0.3 is 19.5 Å². The topological polar surface area (TPSA) is 56.8 Å². The molecular formula is C14H26INO4. The molecule has 0 heterocycles. The molecule has 1 aliphatic carbocycles. The largest absolute Gasteiger partial charge is 0.444 e. The Kier molecular flexibility index (Phi) is 7.53. The van der Waals surface area contributed by atoms with E-state index >= 15 is 0 Å². The summed E-state index contributed by atoms with van der Waals surface area (Å²) in [5, 5.41) is 2.93. The van der Waals surface area contributed by atoms with Crippen molar-refractivity contribution in [1.29, 1.82) is 0 Å². The Balaban J connectivity index is 2.54. The van der Waals surface area contributed by atoms with Crippen LogP contribution >= 0.6 is 22.6 Å². The second-order valence-electron chi connectivity index (χ2n) is 6.20. The van der Waals surface area contributed by atoms with Crippen LogP contribution in [0.25, 0.3) is 0 Å². The maximum Gasteiger partial charge on any atom is 0.407 e. The summed E-state index contributed by atoms with van der Waals surface area (Å²) >= 11 is 2.41. The van der Waals surface area contributed by atoms with Crippen molar-refractivity contribution in [2.75, 3.05) is 18.3 Å². The average Bonchev–Trinajstić information content (AvgIpc) is 2.35. The highest BCUT2D eigenvalue weighted by molar-refractivity contribution is 14.1. The lowest BCUT2D eigenvalue weighted by molar-refractivity contribution is -0.0980. The van der Waals surface area contributed by atoms with E-state index in [1.165, 1.54) is 0 Å². The van der Waals surface area contributed by atoms with Gasteiger partial charge in [0.15, 0.2) is 0 Å². The van der Waals surface area contributed by atoms with Gasteiger partial charge in [-0.2, -0.15) is 0 Å². The van der Waals surface area contributed by atoms with Crippen LogP contribution in [0, 0.1) is 5.92 Å². The standard InChI is InChI=1S/C14H26INO4/c1-14(2,3)20-13(17)16-11-6-5-10(8-15)7-12(11)19-9-18-4/h10-12H,5-9H2,1-4H3,(H,16,17)/t10-,11-,12-/m0/s1. The van der Waals surface area contributed by atoms with Crippen LogP contribution in [0.3, 0.4) is 0 Å². The molecule has 0 saturated heterocycles. The number of hydrogen-bond donors (Lipinski definition) is 1. The lowest BCUT2D eigenvalue weighted by Gasteiger charge is -2.36. The zero-order valence-corrected chi connectivity index (χ0v) is 14.9. The molecule has 20 heavy (non-hydrogen) atoms. The molecule has 5 nitrogen and oxygen atoms in total. The van der Waals surface area contributed by atoms with Crippen molar-refractivity contribution in [2.45, 2.75) is 57.8 Å². The minimum Gasteiger partial charge on any atom is -0.444 e. The van der Waals surface area contributed by atoms with Crippen molar-refractivity contribution in [3.05, 3.63) is 0 Å². The van der Waals surface area contributed by atoms with Crippen LogP contribution in [0.5, 0.6) is 0 Å². The number of amides is 1. The van der Waals surface area contributed by atoms with Gasteiger partial charge in [0, 0.05) is 11.5 Å². The first-order valence-corrected chi connectivity index (χ1v) is 8.54. The Bertz CT molecular complexity index is 306. The molecular weight excluding hydrogens is 373 g/mol. The summed E-state index contributed by atoms with van der Waals surface area (Å²) in [6.45, 7) is 5.83. The van der Waals surface area contributed by atoms with E-state index in [4.69, 9.17) is 14.2 Å². The van der Waals surface area contributed by atoms with Crippen molar-refractivity contribution < 1.29 is 19.0 Å². The Morgan fingerprint density at radius 1 is 1.35 bits per heavy atom. The summed E-state index contributed by atoms with van der Waals surface area (Å²) in [7, 11) is 1.61. The molecule has 0 aliphatic heterocycles. The summed E-state index contributed by atoms with van der Waals surface area (Å²) in [4.78, 5) is 11.9. The van der Waals surface area contributed by atoms with Gasteiger partial charge in [0.05, 0.1) is 12.1 Å². The molecule has 1 amide bonds. The second kappa shape index (κ2) is 8.38. The summed E-state index contributed by atoms with van der Waals surface area (Å²) < 4.78 is 17.1.